The van der Waals surface area contributed by atoms with E-state index in [4.69, 9.17) is 14.7 Å². The summed E-state index contributed by atoms with van der Waals surface area (Å²) in [5, 5.41) is -0.892. The molecule has 1 fully saturated rings. The molecule has 1 amide bonds. The number of β-lactam (4-membered cyclic amide) rings is 1. The largest absolute Gasteiger partial charge is 0.614 e. The Labute approximate surface area is 235 Å². The maximum Gasteiger partial charge on any atom is 0.356 e. The maximum atomic E-state index is 13.7. The number of amides is 1. The van der Waals surface area contributed by atoms with Gasteiger partial charge in [-0.2, -0.15) is 8.42 Å². The van der Waals surface area contributed by atoms with Gasteiger partial charge in [-0.05, 0) is 47.4 Å². The summed E-state index contributed by atoms with van der Waals surface area (Å²) in [7, 11) is -4.15. The minimum Gasteiger partial charge on any atom is -0.614 e. The van der Waals surface area contributed by atoms with Crippen LogP contribution in [0, 0.1) is 6.92 Å². The third kappa shape index (κ3) is 5.41. The number of rotatable bonds is 8. The first-order valence-electron chi connectivity index (χ1n) is 12.3. The van der Waals surface area contributed by atoms with Gasteiger partial charge in [-0.25, -0.2) is 4.79 Å². The molecule has 3 unspecified atom stereocenters. The van der Waals surface area contributed by atoms with Crippen LogP contribution in [-0.4, -0.2) is 46.9 Å². The Balaban J connectivity index is 1.49. The molecule has 206 valence electrons. The summed E-state index contributed by atoms with van der Waals surface area (Å²) in [5.74, 6) is -1.58. The quantitative estimate of drug-likeness (QED) is 0.141. The van der Waals surface area contributed by atoms with Gasteiger partial charge in [0.15, 0.2) is 12.1 Å². The van der Waals surface area contributed by atoms with E-state index in [1.165, 1.54) is 18.2 Å². The zero-order valence-electron chi connectivity index (χ0n) is 21.4. The van der Waals surface area contributed by atoms with Gasteiger partial charge in [0.05, 0.1) is 0 Å². The van der Waals surface area contributed by atoms with Crippen LogP contribution in [0.3, 0.4) is 0 Å². The number of aryl methyl sites for hydroxylation is 1. The fourth-order valence-electron chi connectivity index (χ4n) is 4.51. The summed E-state index contributed by atoms with van der Waals surface area (Å²) < 4.78 is 49.2. The standard InChI is InChI=1S/C29H26N2O7S2/c1-19-12-14-23(15-13-19)40(35,36)37-17-16-22-18-39(34)28-24(30)27(32)31(28)25(22)29(33)38-26(20-8-4-2-5-9-20)21-10-6-3-7-11-21/h2-17,24,26,28H,18,30H2,1H3. The Morgan fingerprint density at radius 2 is 1.60 bits per heavy atom. The van der Waals surface area contributed by atoms with E-state index in [1.807, 2.05) is 67.6 Å². The number of hydrogen-bond acceptors (Lipinski definition) is 8. The average Bonchev–Trinajstić information content (AvgIpc) is 2.96. The third-order valence-corrected chi connectivity index (χ3v) is 9.43. The number of carbonyl (C=O) groups is 2. The molecule has 2 N–H and O–H groups in total. The van der Waals surface area contributed by atoms with E-state index in [0.717, 1.165) is 16.7 Å². The van der Waals surface area contributed by atoms with Crippen LogP contribution in [0.1, 0.15) is 22.8 Å². The lowest BCUT2D eigenvalue weighted by molar-refractivity contribution is -0.153. The van der Waals surface area contributed by atoms with Crippen molar-refractivity contribution < 1.29 is 31.5 Å². The number of benzene rings is 3. The molecule has 0 spiro atoms. The van der Waals surface area contributed by atoms with Crippen molar-refractivity contribution in [3.63, 3.8) is 0 Å². The highest BCUT2D eigenvalue weighted by Crippen LogP contribution is 2.38. The van der Waals surface area contributed by atoms with Crippen molar-refractivity contribution in [1.82, 2.24) is 4.90 Å². The van der Waals surface area contributed by atoms with E-state index in [-0.39, 0.29) is 21.9 Å². The Morgan fingerprint density at radius 1 is 1.02 bits per heavy atom. The predicted molar refractivity (Wildman–Crippen MR) is 148 cm³/mol. The van der Waals surface area contributed by atoms with Crippen molar-refractivity contribution in [2.45, 2.75) is 29.3 Å². The minimum absolute atomic E-state index is 0.0545. The van der Waals surface area contributed by atoms with Gasteiger partial charge in [0.25, 0.3) is 5.91 Å². The second kappa shape index (κ2) is 11.3. The molecule has 40 heavy (non-hydrogen) atoms. The molecule has 9 nitrogen and oxygen atoms in total. The zero-order chi connectivity index (χ0) is 28.4. The van der Waals surface area contributed by atoms with Crippen LogP contribution >= 0.6 is 0 Å². The summed E-state index contributed by atoms with van der Waals surface area (Å²) in [6.07, 6.45) is 1.31. The van der Waals surface area contributed by atoms with Crippen LogP contribution in [0.2, 0.25) is 0 Å². The van der Waals surface area contributed by atoms with Crippen LogP contribution in [0.4, 0.5) is 0 Å². The lowest BCUT2D eigenvalue weighted by Crippen LogP contribution is -2.73. The molecule has 3 atom stereocenters. The molecule has 0 aromatic heterocycles. The number of hydrogen-bond donors (Lipinski definition) is 1. The van der Waals surface area contributed by atoms with Crippen molar-refractivity contribution in [2.75, 3.05) is 5.75 Å². The fraction of sp³-hybridized carbons (Fsp3) is 0.172. The molecule has 3 aromatic rings. The van der Waals surface area contributed by atoms with Gasteiger partial charge in [0, 0.05) is 5.57 Å². The molecule has 2 aliphatic rings. The first-order chi connectivity index (χ1) is 19.2. The molecule has 2 aliphatic heterocycles. The van der Waals surface area contributed by atoms with E-state index in [1.54, 1.807) is 12.1 Å². The summed E-state index contributed by atoms with van der Waals surface area (Å²) in [5.41, 5.74) is 8.17. The summed E-state index contributed by atoms with van der Waals surface area (Å²) >= 11 is -1.64. The Bertz CT molecular complexity index is 1530. The Morgan fingerprint density at radius 3 is 2.17 bits per heavy atom. The van der Waals surface area contributed by atoms with E-state index in [2.05, 4.69) is 0 Å². The lowest BCUT2D eigenvalue weighted by Gasteiger charge is -2.47. The van der Waals surface area contributed by atoms with Crippen LogP contribution in [-0.2, 0) is 39.8 Å². The zero-order valence-corrected chi connectivity index (χ0v) is 23.0. The summed E-state index contributed by atoms with van der Waals surface area (Å²) in [6, 6.07) is 23.3. The van der Waals surface area contributed by atoms with Gasteiger partial charge in [-0.1, -0.05) is 78.4 Å². The highest BCUT2D eigenvalue weighted by atomic mass is 32.2. The molecule has 0 radical (unpaired) electrons. The number of ether oxygens (including phenoxy) is 1. The van der Waals surface area contributed by atoms with E-state index >= 15 is 0 Å². The molecule has 0 saturated carbocycles. The summed E-state index contributed by atoms with van der Waals surface area (Å²) in [6.45, 7) is 1.82. The Hall–Kier alpha value is -3.90. The fourth-order valence-corrected chi connectivity index (χ4v) is 6.89. The van der Waals surface area contributed by atoms with Gasteiger partial charge in [0.2, 0.25) is 5.37 Å². The molecular formula is C29H26N2O7S2. The number of fused-ring (bicyclic) bond motifs is 1. The van der Waals surface area contributed by atoms with Crippen LogP contribution in [0.25, 0.3) is 0 Å². The van der Waals surface area contributed by atoms with E-state index < -0.39 is 50.7 Å². The monoisotopic (exact) mass is 578 g/mol. The van der Waals surface area contributed by atoms with Crippen molar-refractivity contribution in [3.05, 3.63) is 125 Å². The van der Waals surface area contributed by atoms with Crippen LogP contribution in [0.15, 0.2) is 113 Å². The normalized spacial score (nSPS) is 20.9. The molecule has 1 saturated heterocycles. The molecular weight excluding hydrogens is 552 g/mol. The topological polar surface area (TPSA) is 139 Å². The van der Waals surface area contributed by atoms with Gasteiger partial charge in [-0.15, -0.1) is 0 Å². The van der Waals surface area contributed by atoms with Crippen LogP contribution in [0.5, 0.6) is 0 Å². The smallest absolute Gasteiger partial charge is 0.356 e. The van der Waals surface area contributed by atoms with Crippen molar-refractivity contribution >= 4 is 33.2 Å². The third-order valence-electron chi connectivity index (χ3n) is 6.58. The maximum absolute atomic E-state index is 13.7. The predicted octanol–water partition coefficient (Wildman–Crippen LogP) is 3.06. The summed E-state index contributed by atoms with van der Waals surface area (Å²) in [4.78, 5) is 27.5. The number of allylic oxidation sites excluding steroid dienone is 1. The number of nitrogens with zero attached hydrogens (tertiary/aromatic N) is 1. The van der Waals surface area contributed by atoms with Crippen LogP contribution < -0.4 is 5.73 Å². The number of esters is 1. The van der Waals surface area contributed by atoms with Crippen molar-refractivity contribution in [3.8, 4) is 0 Å². The second-order valence-corrected chi connectivity index (χ2v) is 12.4. The Kier molecular flexibility index (Phi) is 7.81. The SMILES string of the molecule is Cc1ccc(S(=O)(=O)OC=CC2=C(C(=O)OC(c3ccccc3)c3ccccc3)N3C(=O)C(N)C3[S+]([O-])C2)cc1. The van der Waals surface area contributed by atoms with E-state index in [0.29, 0.717) is 11.1 Å². The highest BCUT2D eigenvalue weighted by Gasteiger charge is 2.59. The molecule has 0 bridgehead atoms. The molecule has 3 aromatic carbocycles. The number of nitrogens with two attached hydrogens (primary N) is 1. The van der Waals surface area contributed by atoms with Gasteiger partial charge in [-0.3, -0.25) is 9.69 Å². The average molecular weight is 579 g/mol. The minimum atomic E-state index is -4.15. The van der Waals surface area contributed by atoms with Gasteiger partial charge in [0.1, 0.15) is 22.6 Å². The lowest BCUT2D eigenvalue weighted by atomic mass is 10.0. The van der Waals surface area contributed by atoms with Gasteiger partial charge >= 0.3 is 16.1 Å². The van der Waals surface area contributed by atoms with Gasteiger partial charge < -0.3 is 19.2 Å². The molecule has 11 heteroatoms. The van der Waals surface area contributed by atoms with Crippen molar-refractivity contribution in [1.29, 1.82) is 0 Å². The molecule has 5 rings (SSSR count). The first-order valence-corrected chi connectivity index (χ1v) is 15.1. The molecule has 2 heterocycles. The number of carbonyl (C=O) groups excluding carboxylic acids is 2. The first kappa shape index (κ1) is 27.7. The second-order valence-electron chi connectivity index (χ2n) is 9.30. The van der Waals surface area contributed by atoms with Crippen molar-refractivity contribution in [2.24, 2.45) is 5.73 Å². The molecule has 0 aliphatic carbocycles. The highest BCUT2D eigenvalue weighted by molar-refractivity contribution is 7.92. The van der Waals surface area contributed by atoms with E-state index in [9.17, 15) is 22.6 Å².